The van der Waals surface area contributed by atoms with Crippen LogP contribution in [0.5, 0.6) is 5.75 Å². The lowest BCUT2D eigenvalue weighted by Crippen LogP contribution is -2.38. The minimum atomic E-state index is 0.409. The molecule has 0 saturated heterocycles. The molecule has 1 atom stereocenters. The maximum absolute atomic E-state index is 9.61. The molecule has 1 aromatic carbocycles. The number of rotatable bonds is 2. The summed E-state index contributed by atoms with van der Waals surface area (Å²) < 4.78 is 0. The summed E-state index contributed by atoms with van der Waals surface area (Å²) in [5.74, 6) is 0.409. The fourth-order valence-corrected chi connectivity index (χ4v) is 4.05. The lowest BCUT2D eigenvalue weighted by atomic mass is 9.75. The predicted octanol–water partition coefficient (Wildman–Crippen LogP) is 4.28. The molecule has 0 spiro atoms. The third-order valence-electron chi connectivity index (χ3n) is 5.55. The Labute approximate surface area is 122 Å². The summed E-state index contributed by atoms with van der Waals surface area (Å²) in [6, 6.07) is 7.21. The summed E-state index contributed by atoms with van der Waals surface area (Å²) in [6.45, 7) is 4.80. The molecule has 1 aromatic rings. The quantitative estimate of drug-likeness (QED) is 0.869. The van der Waals surface area contributed by atoms with E-state index >= 15 is 0 Å². The van der Waals surface area contributed by atoms with Crippen molar-refractivity contribution < 1.29 is 5.11 Å². The van der Waals surface area contributed by atoms with Crippen LogP contribution in [0.3, 0.4) is 0 Å². The molecular weight excluding hydrogens is 246 g/mol. The van der Waals surface area contributed by atoms with E-state index < -0.39 is 0 Å². The van der Waals surface area contributed by atoms with E-state index in [1.165, 1.54) is 43.2 Å². The van der Waals surface area contributed by atoms with Gasteiger partial charge in [-0.2, -0.15) is 0 Å². The summed E-state index contributed by atoms with van der Waals surface area (Å²) in [7, 11) is 2.30. The first kappa shape index (κ1) is 13.9. The van der Waals surface area contributed by atoms with Crippen LogP contribution in [0.2, 0.25) is 0 Å². The normalized spacial score (nSPS) is 25.9. The lowest BCUT2D eigenvalue weighted by molar-refractivity contribution is 0.0943. The first-order valence-corrected chi connectivity index (χ1v) is 8.00. The average Bonchev–Trinajstić information content (AvgIpc) is 2.80. The van der Waals surface area contributed by atoms with Gasteiger partial charge in [-0.15, -0.1) is 0 Å². The first-order valence-electron chi connectivity index (χ1n) is 8.00. The lowest BCUT2D eigenvalue weighted by Gasteiger charge is -2.41. The monoisotopic (exact) mass is 273 g/mol. The van der Waals surface area contributed by atoms with Gasteiger partial charge in [0, 0.05) is 12.1 Å². The third-order valence-corrected chi connectivity index (χ3v) is 5.55. The maximum atomic E-state index is 9.61. The number of phenols is 1. The number of hydrogen-bond donors (Lipinski definition) is 1. The highest BCUT2D eigenvalue weighted by Crippen LogP contribution is 2.42. The number of benzene rings is 1. The maximum Gasteiger partial charge on any atom is 0.115 e. The van der Waals surface area contributed by atoms with Crippen molar-refractivity contribution in [3.63, 3.8) is 0 Å². The van der Waals surface area contributed by atoms with Crippen LogP contribution < -0.4 is 0 Å². The third kappa shape index (κ3) is 2.58. The number of nitrogens with zero attached hydrogens (tertiary/aromatic N) is 1. The molecule has 2 aliphatic carbocycles. The summed E-state index contributed by atoms with van der Waals surface area (Å²) >= 11 is 0. The van der Waals surface area contributed by atoms with Crippen molar-refractivity contribution in [1.29, 1.82) is 0 Å². The number of phenolic OH excluding ortho intramolecular Hbond substituents is 1. The molecule has 3 rings (SSSR count). The highest BCUT2D eigenvalue weighted by atomic mass is 16.3. The molecule has 1 saturated carbocycles. The van der Waals surface area contributed by atoms with Crippen LogP contribution in [-0.4, -0.2) is 23.1 Å². The zero-order chi connectivity index (χ0) is 14.3. The van der Waals surface area contributed by atoms with Gasteiger partial charge in [-0.25, -0.2) is 0 Å². The van der Waals surface area contributed by atoms with Gasteiger partial charge < -0.3 is 5.11 Å². The minimum absolute atomic E-state index is 0.409. The van der Waals surface area contributed by atoms with Crippen LogP contribution in [0.1, 0.15) is 63.1 Å². The topological polar surface area (TPSA) is 23.5 Å². The molecule has 110 valence electrons. The van der Waals surface area contributed by atoms with Crippen LogP contribution in [0, 0.1) is 5.41 Å². The summed E-state index contributed by atoms with van der Waals surface area (Å²) in [4.78, 5) is 2.61. The average molecular weight is 273 g/mol. The molecule has 0 amide bonds. The second-order valence-corrected chi connectivity index (χ2v) is 7.50. The first-order chi connectivity index (χ1) is 9.46. The largest absolute Gasteiger partial charge is 0.508 e. The van der Waals surface area contributed by atoms with Gasteiger partial charge in [-0.05, 0) is 74.2 Å². The molecule has 0 aromatic heterocycles. The van der Waals surface area contributed by atoms with E-state index in [4.69, 9.17) is 0 Å². The summed E-state index contributed by atoms with van der Waals surface area (Å²) in [6.07, 6.45) is 7.65. The number of hydrogen-bond acceptors (Lipinski definition) is 2. The molecule has 0 bridgehead atoms. The molecule has 0 radical (unpaired) electrons. The van der Waals surface area contributed by atoms with E-state index in [9.17, 15) is 5.11 Å². The van der Waals surface area contributed by atoms with Crippen molar-refractivity contribution in [2.24, 2.45) is 5.41 Å². The van der Waals surface area contributed by atoms with Gasteiger partial charge >= 0.3 is 0 Å². The van der Waals surface area contributed by atoms with Gasteiger partial charge in [0.2, 0.25) is 0 Å². The Morgan fingerprint density at radius 2 is 1.85 bits per heavy atom. The van der Waals surface area contributed by atoms with Gasteiger partial charge in [-0.3, -0.25) is 4.90 Å². The Morgan fingerprint density at radius 3 is 2.55 bits per heavy atom. The number of aromatic hydroxyl groups is 1. The minimum Gasteiger partial charge on any atom is -0.508 e. The standard InChI is InChI=1S/C18H27NO/c1-18(2)10-8-14(9-11-18)19(3)17-7-4-13-12-15(20)5-6-16(13)17/h5-6,12,14,17,20H,4,7-11H2,1-3H3. The van der Waals surface area contributed by atoms with Crippen LogP contribution in [-0.2, 0) is 6.42 Å². The smallest absolute Gasteiger partial charge is 0.115 e. The second kappa shape index (κ2) is 5.07. The highest BCUT2D eigenvalue weighted by molar-refractivity contribution is 5.40. The summed E-state index contributed by atoms with van der Waals surface area (Å²) in [5, 5.41) is 9.61. The Morgan fingerprint density at radius 1 is 1.15 bits per heavy atom. The molecule has 2 heteroatoms. The predicted molar refractivity (Wildman–Crippen MR) is 83.0 cm³/mol. The van der Waals surface area contributed by atoms with Crippen LogP contribution in [0.15, 0.2) is 18.2 Å². The number of aryl methyl sites for hydroxylation is 1. The molecular formula is C18H27NO. The fourth-order valence-electron chi connectivity index (χ4n) is 4.05. The van der Waals surface area contributed by atoms with Crippen molar-refractivity contribution >= 4 is 0 Å². The fraction of sp³-hybridized carbons (Fsp3) is 0.667. The Hall–Kier alpha value is -1.02. The molecule has 0 heterocycles. The molecule has 1 unspecified atom stereocenters. The number of fused-ring (bicyclic) bond motifs is 1. The van der Waals surface area contributed by atoms with Gasteiger partial charge in [0.1, 0.15) is 5.75 Å². The summed E-state index contributed by atoms with van der Waals surface area (Å²) in [5.41, 5.74) is 3.32. The molecule has 20 heavy (non-hydrogen) atoms. The van der Waals surface area contributed by atoms with E-state index in [1.807, 2.05) is 12.1 Å². The van der Waals surface area contributed by atoms with Crippen LogP contribution >= 0.6 is 0 Å². The molecule has 2 nitrogen and oxygen atoms in total. The highest BCUT2D eigenvalue weighted by Gasteiger charge is 2.34. The van der Waals surface area contributed by atoms with Gasteiger partial charge in [0.05, 0.1) is 0 Å². The van der Waals surface area contributed by atoms with Crippen molar-refractivity contribution in [3.8, 4) is 5.75 Å². The van der Waals surface area contributed by atoms with Crippen molar-refractivity contribution in [3.05, 3.63) is 29.3 Å². The molecule has 1 N–H and O–H groups in total. The van der Waals surface area contributed by atoms with Gasteiger partial charge in [0.25, 0.3) is 0 Å². The van der Waals surface area contributed by atoms with Gasteiger partial charge in [-0.1, -0.05) is 19.9 Å². The van der Waals surface area contributed by atoms with Crippen molar-refractivity contribution in [2.45, 2.75) is 64.5 Å². The SMILES string of the molecule is CN(C1CCC(C)(C)CC1)C1CCc2cc(O)ccc21. The van der Waals surface area contributed by atoms with E-state index in [-0.39, 0.29) is 0 Å². The Balaban J connectivity index is 1.72. The Bertz CT molecular complexity index is 484. The van der Waals surface area contributed by atoms with Crippen molar-refractivity contribution in [2.75, 3.05) is 7.05 Å². The van der Waals surface area contributed by atoms with E-state index in [1.54, 1.807) is 0 Å². The molecule has 1 fully saturated rings. The molecule has 2 aliphatic rings. The van der Waals surface area contributed by atoms with Crippen LogP contribution in [0.25, 0.3) is 0 Å². The van der Waals surface area contributed by atoms with Crippen LogP contribution in [0.4, 0.5) is 0 Å². The Kier molecular flexibility index (Phi) is 3.53. The molecule has 0 aliphatic heterocycles. The second-order valence-electron chi connectivity index (χ2n) is 7.50. The van der Waals surface area contributed by atoms with E-state index in [2.05, 4.69) is 31.9 Å². The zero-order valence-electron chi connectivity index (χ0n) is 13.0. The van der Waals surface area contributed by atoms with E-state index in [0.717, 1.165) is 12.5 Å². The zero-order valence-corrected chi connectivity index (χ0v) is 13.0. The van der Waals surface area contributed by atoms with E-state index in [0.29, 0.717) is 17.2 Å². The van der Waals surface area contributed by atoms with Crippen molar-refractivity contribution in [1.82, 2.24) is 4.90 Å². The van der Waals surface area contributed by atoms with Gasteiger partial charge in [0.15, 0.2) is 0 Å².